The number of nitrogens with two attached hydrogens (primary N) is 1. The number of carbonyl (C=O) groups is 1. The van der Waals surface area contributed by atoms with E-state index >= 15 is 0 Å². The Balaban J connectivity index is 2.45. The Morgan fingerprint density at radius 1 is 1.59 bits per heavy atom. The molecule has 0 radical (unpaired) electrons. The van der Waals surface area contributed by atoms with Gasteiger partial charge in [-0.3, -0.25) is 4.79 Å². The Hall–Kier alpha value is -1.26. The third kappa shape index (κ3) is 4.63. The van der Waals surface area contributed by atoms with Gasteiger partial charge in [0.25, 0.3) is 0 Å². The number of oxime groups is 1. The number of amidine groups is 1. The maximum absolute atomic E-state index is 12.1. The van der Waals surface area contributed by atoms with Gasteiger partial charge in [-0.15, -0.1) is 0 Å². The van der Waals surface area contributed by atoms with Crippen LogP contribution in [0.3, 0.4) is 0 Å². The van der Waals surface area contributed by atoms with Gasteiger partial charge in [-0.1, -0.05) is 25.4 Å². The summed E-state index contributed by atoms with van der Waals surface area (Å²) < 4.78 is 0. The van der Waals surface area contributed by atoms with E-state index in [9.17, 15) is 4.79 Å². The molecule has 0 aromatic carbocycles. The first-order valence-corrected chi connectivity index (χ1v) is 6.34. The van der Waals surface area contributed by atoms with Gasteiger partial charge in [-0.25, -0.2) is 0 Å². The lowest BCUT2D eigenvalue weighted by atomic mass is 10.0. The number of amides is 1. The van der Waals surface area contributed by atoms with Crippen molar-refractivity contribution in [3.05, 3.63) is 0 Å². The van der Waals surface area contributed by atoms with E-state index in [0.717, 1.165) is 19.3 Å². The highest BCUT2D eigenvalue weighted by atomic mass is 16.4. The third-order valence-corrected chi connectivity index (χ3v) is 3.27. The van der Waals surface area contributed by atoms with Crippen LogP contribution in [0, 0.1) is 5.92 Å². The van der Waals surface area contributed by atoms with E-state index in [1.165, 1.54) is 0 Å². The lowest BCUT2D eigenvalue weighted by Gasteiger charge is -2.23. The Kier molecular flexibility index (Phi) is 5.25. The molecule has 1 saturated carbocycles. The lowest BCUT2D eigenvalue weighted by molar-refractivity contribution is -0.132. The van der Waals surface area contributed by atoms with Crippen molar-refractivity contribution >= 4 is 11.7 Å². The molecule has 0 saturated heterocycles. The van der Waals surface area contributed by atoms with Crippen molar-refractivity contribution < 1.29 is 10.0 Å². The monoisotopic (exact) mass is 241 g/mol. The maximum atomic E-state index is 12.1. The summed E-state index contributed by atoms with van der Waals surface area (Å²) in [6.07, 6.45) is 4.23. The van der Waals surface area contributed by atoms with Crippen LogP contribution < -0.4 is 5.73 Å². The van der Waals surface area contributed by atoms with Crippen LogP contribution in [-0.2, 0) is 4.79 Å². The van der Waals surface area contributed by atoms with Crippen LogP contribution >= 0.6 is 0 Å². The largest absolute Gasteiger partial charge is 0.409 e. The molecule has 5 heteroatoms. The van der Waals surface area contributed by atoms with Gasteiger partial charge < -0.3 is 15.8 Å². The molecule has 1 aliphatic carbocycles. The molecule has 1 fully saturated rings. The van der Waals surface area contributed by atoms with Crippen LogP contribution in [-0.4, -0.2) is 34.4 Å². The molecule has 1 aliphatic rings. The van der Waals surface area contributed by atoms with Crippen LogP contribution in [0.2, 0.25) is 0 Å². The second-order valence-corrected chi connectivity index (χ2v) is 4.88. The molecule has 0 aromatic rings. The van der Waals surface area contributed by atoms with E-state index in [2.05, 4.69) is 19.0 Å². The molecule has 0 aliphatic heterocycles. The number of hydrogen-bond donors (Lipinski definition) is 2. The molecule has 0 spiro atoms. The smallest absolute Gasteiger partial charge is 0.223 e. The summed E-state index contributed by atoms with van der Waals surface area (Å²) in [5, 5.41) is 11.4. The van der Waals surface area contributed by atoms with Crippen LogP contribution in [0.1, 0.15) is 46.0 Å². The first-order valence-electron chi connectivity index (χ1n) is 6.34. The van der Waals surface area contributed by atoms with Crippen molar-refractivity contribution in [1.29, 1.82) is 0 Å². The zero-order valence-corrected chi connectivity index (χ0v) is 10.7. The molecule has 98 valence electrons. The molecule has 0 aromatic heterocycles. The minimum absolute atomic E-state index is 0.187. The highest BCUT2D eigenvalue weighted by molar-refractivity contribution is 5.81. The number of nitrogens with zero attached hydrogens (tertiary/aromatic N) is 2. The fourth-order valence-corrected chi connectivity index (χ4v) is 1.74. The molecule has 1 atom stereocenters. The Bertz CT molecular complexity index is 287. The summed E-state index contributed by atoms with van der Waals surface area (Å²) in [5.74, 6) is 0.812. The Labute approximate surface area is 103 Å². The molecular formula is C12H23N3O2. The van der Waals surface area contributed by atoms with E-state index in [1.54, 1.807) is 0 Å². The molecule has 0 bridgehead atoms. The Morgan fingerprint density at radius 3 is 2.71 bits per heavy atom. The van der Waals surface area contributed by atoms with Crippen molar-refractivity contribution in [1.82, 2.24) is 4.90 Å². The van der Waals surface area contributed by atoms with E-state index in [4.69, 9.17) is 10.9 Å². The average molecular weight is 241 g/mol. The molecular weight excluding hydrogens is 218 g/mol. The minimum Gasteiger partial charge on any atom is -0.409 e. The molecule has 17 heavy (non-hydrogen) atoms. The Morgan fingerprint density at radius 2 is 2.24 bits per heavy atom. The molecule has 1 unspecified atom stereocenters. The second kappa shape index (κ2) is 6.47. The first kappa shape index (κ1) is 13.8. The third-order valence-electron chi connectivity index (χ3n) is 3.27. The van der Waals surface area contributed by atoms with Crippen LogP contribution in [0.5, 0.6) is 0 Å². The predicted molar refractivity (Wildman–Crippen MR) is 66.8 cm³/mol. The zero-order valence-electron chi connectivity index (χ0n) is 10.7. The van der Waals surface area contributed by atoms with Gasteiger partial charge >= 0.3 is 0 Å². The second-order valence-electron chi connectivity index (χ2n) is 4.88. The van der Waals surface area contributed by atoms with Gasteiger partial charge in [0.15, 0.2) is 0 Å². The number of hydrogen-bond acceptors (Lipinski definition) is 3. The van der Waals surface area contributed by atoms with Gasteiger partial charge in [0.2, 0.25) is 5.91 Å². The number of carbonyl (C=O) groups excluding carboxylic acids is 1. The summed E-state index contributed by atoms with van der Waals surface area (Å²) in [6.45, 7) is 4.75. The van der Waals surface area contributed by atoms with E-state index in [1.807, 2.05) is 4.90 Å². The van der Waals surface area contributed by atoms with Crippen molar-refractivity contribution in [2.45, 2.75) is 52.0 Å². The van der Waals surface area contributed by atoms with Crippen LogP contribution in [0.25, 0.3) is 0 Å². The van der Waals surface area contributed by atoms with Gasteiger partial charge in [-0.2, -0.15) is 0 Å². The van der Waals surface area contributed by atoms with Gasteiger partial charge in [0.1, 0.15) is 5.84 Å². The van der Waals surface area contributed by atoms with Gasteiger partial charge in [-0.05, 0) is 18.8 Å². The summed E-state index contributed by atoms with van der Waals surface area (Å²) in [5.41, 5.74) is 5.43. The van der Waals surface area contributed by atoms with Gasteiger partial charge in [0.05, 0.1) is 0 Å². The van der Waals surface area contributed by atoms with E-state index in [-0.39, 0.29) is 11.7 Å². The normalized spacial score (nSPS) is 17.9. The lowest BCUT2D eigenvalue weighted by Crippen LogP contribution is -2.36. The summed E-state index contributed by atoms with van der Waals surface area (Å²) in [6, 6.07) is 0.387. The minimum atomic E-state index is 0.187. The number of rotatable bonds is 7. The van der Waals surface area contributed by atoms with Crippen molar-refractivity contribution in [3.63, 3.8) is 0 Å². The molecule has 5 nitrogen and oxygen atoms in total. The maximum Gasteiger partial charge on any atom is 0.223 e. The summed E-state index contributed by atoms with van der Waals surface area (Å²) in [7, 11) is 0. The average Bonchev–Trinajstić information content (AvgIpc) is 3.13. The van der Waals surface area contributed by atoms with Crippen molar-refractivity contribution in [2.75, 3.05) is 6.54 Å². The summed E-state index contributed by atoms with van der Waals surface area (Å²) in [4.78, 5) is 14.0. The van der Waals surface area contributed by atoms with Crippen LogP contribution in [0.15, 0.2) is 5.16 Å². The van der Waals surface area contributed by atoms with Crippen LogP contribution in [0.4, 0.5) is 0 Å². The highest BCUT2D eigenvalue weighted by Gasteiger charge is 2.32. The fourth-order valence-electron chi connectivity index (χ4n) is 1.74. The first-order chi connectivity index (χ1) is 8.08. The summed E-state index contributed by atoms with van der Waals surface area (Å²) >= 11 is 0. The zero-order chi connectivity index (χ0) is 12.8. The molecule has 3 N–H and O–H groups in total. The van der Waals surface area contributed by atoms with Crippen molar-refractivity contribution in [2.24, 2.45) is 16.8 Å². The SMILES string of the molecule is CCC(C)CC(=O)N(CCC(N)=NO)C1CC1. The standard InChI is InChI=1S/C12H23N3O2/c1-3-9(2)8-12(16)15(10-4-5-10)7-6-11(13)14-17/h9-10,17H,3-8H2,1-2H3,(H2,13,14). The highest BCUT2D eigenvalue weighted by Crippen LogP contribution is 2.28. The van der Waals surface area contributed by atoms with E-state index in [0.29, 0.717) is 31.3 Å². The topological polar surface area (TPSA) is 78.9 Å². The fraction of sp³-hybridized carbons (Fsp3) is 0.833. The quantitative estimate of drug-likeness (QED) is 0.307. The molecule has 1 rings (SSSR count). The van der Waals surface area contributed by atoms with Crippen molar-refractivity contribution in [3.8, 4) is 0 Å². The molecule has 0 heterocycles. The molecule has 1 amide bonds. The van der Waals surface area contributed by atoms with Gasteiger partial charge in [0, 0.05) is 25.4 Å². The van der Waals surface area contributed by atoms with E-state index < -0.39 is 0 Å². The predicted octanol–water partition coefficient (Wildman–Crippen LogP) is 1.55.